The van der Waals surface area contributed by atoms with Crippen LogP contribution in [0.5, 0.6) is 17.2 Å². The Bertz CT molecular complexity index is 981. The largest absolute Gasteiger partial charge is 0.484 e. The van der Waals surface area contributed by atoms with Crippen LogP contribution < -0.4 is 14.2 Å². The molecule has 1 amide bonds. The fourth-order valence-corrected chi connectivity index (χ4v) is 4.29. The topological polar surface area (TPSA) is 65.1 Å². The number of benzene rings is 2. The number of carbonyl (C=O) groups excluding carboxylic acids is 2. The van der Waals surface area contributed by atoms with Crippen molar-refractivity contribution >= 4 is 23.3 Å². The van der Waals surface area contributed by atoms with Crippen molar-refractivity contribution < 1.29 is 23.8 Å². The van der Waals surface area contributed by atoms with Crippen LogP contribution in [0.1, 0.15) is 40.0 Å². The number of carbonyl (C=O) groups is 2. The quantitative estimate of drug-likeness (QED) is 0.731. The van der Waals surface area contributed by atoms with E-state index in [-0.39, 0.29) is 18.5 Å². The highest BCUT2D eigenvalue weighted by atomic mass is 35.5. The summed E-state index contributed by atoms with van der Waals surface area (Å²) in [6, 6.07) is 10.4. The van der Waals surface area contributed by atoms with Gasteiger partial charge in [-0.05, 0) is 30.3 Å². The smallest absolute Gasteiger partial charge is 0.253 e. The Morgan fingerprint density at radius 1 is 1.07 bits per heavy atom. The van der Waals surface area contributed by atoms with Gasteiger partial charge in [-0.2, -0.15) is 0 Å². The predicted octanol–water partition coefficient (Wildman–Crippen LogP) is 3.71. The lowest BCUT2D eigenvalue weighted by atomic mass is 9.82. The Balaban J connectivity index is 1.32. The molecule has 1 fully saturated rings. The van der Waals surface area contributed by atoms with Crippen LogP contribution in [-0.4, -0.2) is 42.1 Å². The van der Waals surface area contributed by atoms with E-state index < -0.39 is 5.60 Å². The lowest BCUT2D eigenvalue weighted by Gasteiger charge is -2.44. The minimum absolute atomic E-state index is 0.0410. The first-order valence-electron chi connectivity index (χ1n) is 9.24. The van der Waals surface area contributed by atoms with Crippen LogP contribution in [0.2, 0.25) is 5.02 Å². The molecule has 0 aliphatic carbocycles. The third kappa shape index (κ3) is 2.79. The van der Waals surface area contributed by atoms with Gasteiger partial charge in [0.1, 0.15) is 11.4 Å². The van der Waals surface area contributed by atoms with E-state index >= 15 is 0 Å². The number of para-hydroxylation sites is 1. The summed E-state index contributed by atoms with van der Waals surface area (Å²) in [7, 11) is 0. The van der Waals surface area contributed by atoms with E-state index in [1.807, 2.05) is 0 Å². The Morgan fingerprint density at radius 2 is 1.86 bits per heavy atom. The molecule has 0 saturated carbocycles. The standard InChI is InChI=1S/C21H18ClNO5/c22-15-3-1-2-14-16(24)11-21(28-19(14)15)6-8-23(9-7-21)20(25)13-4-5-17-18(10-13)27-12-26-17/h1-5,10H,6-9,11-12H2. The van der Waals surface area contributed by atoms with Crippen molar-refractivity contribution in [2.45, 2.75) is 24.9 Å². The molecule has 5 rings (SSSR count). The van der Waals surface area contributed by atoms with Crippen molar-refractivity contribution in [3.63, 3.8) is 0 Å². The second-order valence-electron chi connectivity index (χ2n) is 7.36. The first kappa shape index (κ1) is 17.4. The number of hydrogen-bond acceptors (Lipinski definition) is 5. The first-order valence-corrected chi connectivity index (χ1v) is 9.62. The summed E-state index contributed by atoms with van der Waals surface area (Å²) < 4.78 is 16.9. The normalized spacial score (nSPS) is 19.3. The molecule has 0 N–H and O–H groups in total. The van der Waals surface area contributed by atoms with E-state index in [9.17, 15) is 9.59 Å². The van der Waals surface area contributed by atoms with Gasteiger partial charge in [0, 0.05) is 31.5 Å². The summed E-state index contributed by atoms with van der Waals surface area (Å²) in [5, 5.41) is 0.448. The summed E-state index contributed by atoms with van der Waals surface area (Å²) in [4.78, 5) is 27.3. The molecule has 3 aliphatic heterocycles. The minimum atomic E-state index is -0.596. The number of Topliss-reactive ketones (excluding diaryl/α,β-unsaturated/α-hetero) is 1. The SMILES string of the molecule is O=C1CC2(CCN(C(=O)c3ccc4c(c3)OCO4)CC2)Oc2c(Cl)cccc21. The maximum atomic E-state index is 12.9. The average Bonchev–Trinajstić information content (AvgIpc) is 3.17. The minimum Gasteiger partial charge on any atom is -0.484 e. The van der Waals surface area contributed by atoms with Gasteiger partial charge in [0.15, 0.2) is 17.3 Å². The zero-order chi connectivity index (χ0) is 19.3. The fourth-order valence-electron chi connectivity index (χ4n) is 4.08. The van der Waals surface area contributed by atoms with E-state index in [1.165, 1.54) is 0 Å². The van der Waals surface area contributed by atoms with Gasteiger partial charge in [0.25, 0.3) is 5.91 Å². The van der Waals surface area contributed by atoms with Gasteiger partial charge >= 0.3 is 0 Å². The average molecular weight is 400 g/mol. The summed E-state index contributed by atoms with van der Waals surface area (Å²) in [6.07, 6.45) is 1.48. The van der Waals surface area contributed by atoms with Crippen molar-refractivity contribution in [2.75, 3.05) is 19.9 Å². The summed E-state index contributed by atoms with van der Waals surface area (Å²) in [5.74, 6) is 1.69. The Morgan fingerprint density at radius 3 is 2.68 bits per heavy atom. The predicted molar refractivity (Wildman–Crippen MR) is 101 cm³/mol. The molecule has 0 unspecified atom stereocenters. The third-order valence-corrected chi connectivity index (χ3v) is 5.95. The lowest BCUT2D eigenvalue weighted by molar-refractivity contribution is -0.00565. The van der Waals surface area contributed by atoms with E-state index in [1.54, 1.807) is 41.3 Å². The van der Waals surface area contributed by atoms with Gasteiger partial charge < -0.3 is 19.1 Å². The number of halogens is 1. The Labute approximate surface area is 166 Å². The fraction of sp³-hybridized carbons (Fsp3) is 0.333. The number of nitrogens with zero attached hydrogens (tertiary/aromatic N) is 1. The number of piperidine rings is 1. The van der Waals surface area contributed by atoms with Crippen molar-refractivity contribution in [3.8, 4) is 17.2 Å². The highest BCUT2D eigenvalue weighted by Crippen LogP contribution is 2.43. The first-order chi connectivity index (χ1) is 13.5. The van der Waals surface area contributed by atoms with Gasteiger partial charge in [-0.25, -0.2) is 0 Å². The molecule has 0 radical (unpaired) electrons. The van der Waals surface area contributed by atoms with Gasteiger partial charge in [-0.15, -0.1) is 0 Å². The molecule has 28 heavy (non-hydrogen) atoms. The number of hydrogen-bond donors (Lipinski definition) is 0. The van der Waals surface area contributed by atoms with E-state index in [0.717, 1.165) is 0 Å². The zero-order valence-electron chi connectivity index (χ0n) is 15.1. The number of fused-ring (bicyclic) bond motifs is 2. The molecule has 0 bridgehead atoms. The maximum Gasteiger partial charge on any atom is 0.253 e. The summed E-state index contributed by atoms with van der Waals surface area (Å²) in [6.45, 7) is 1.20. The van der Waals surface area contributed by atoms with Crippen LogP contribution in [0.4, 0.5) is 0 Å². The number of ether oxygens (including phenoxy) is 3. The van der Waals surface area contributed by atoms with Crippen molar-refractivity contribution in [1.82, 2.24) is 4.90 Å². The molecular formula is C21H18ClNO5. The highest BCUT2D eigenvalue weighted by Gasteiger charge is 2.44. The third-order valence-electron chi connectivity index (χ3n) is 5.65. The van der Waals surface area contributed by atoms with Gasteiger partial charge in [0.05, 0.1) is 17.0 Å². The summed E-state index contributed by atoms with van der Waals surface area (Å²) in [5.41, 5.74) is 0.506. The molecule has 7 heteroatoms. The van der Waals surface area contributed by atoms with Crippen LogP contribution in [0.25, 0.3) is 0 Å². The Kier molecular flexibility index (Phi) is 3.98. The van der Waals surface area contributed by atoms with Crippen LogP contribution in [0, 0.1) is 0 Å². The molecule has 2 aromatic rings. The monoisotopic (exact) mass is 399 g/mol. The van der Waals surface area contributed by atoms with E-state index in [4.69, 9.17) is 25.8 Å². The van der Waals surface area contributed by atoms with Crippen molar-refractivity contribution in [2.24, 2.45) is 0 Å². The van der Waals surface area contributed by atoms with Crippen LogP contribution >= 0.6 is 11.6 Å². The van der Waals surface area contributed by atoms with Gasteiger partial charge in [-0.1, -0.05) is 17.7 Å². The van der Waals surface area contributed by atoms with E-state index in [2.05, 4.69) is 0 Å². The van der Waals surface area contributed by atoms with Crippen LogP contribution in [-0.2, 0) is 0 Å². The molecule has 1 spiro atoms. The van der Waals surface area contributed by atoms with E-state index in [0.29, 0.717) is 65.8 Å². The molecular weight excluding hydrogens is 382 g/mol. The molecule has 6 nitrogen and oxygen atoms in total. The number of likely N-dealkylation sites (tertiary alicyclic amines) is 1. The van der Waals surface area contributed by atoms with Crippen LogP contribution in [0.15, 0.2) is 36.4 Å². The lowest BCUT2D eigenvalue weighted by Crippen LogP contribution is -2.52. The summed E-state index contributed by atoms with van der Waals surface area (Å²) >= 11 is 6.25. The second kappa shape index (κ2) is 6.41. The molecule has 2 aromatic carbocycles. The van der Waals surface area contributed by atoms with Crippen molar-refractivity contribution in [3.05, 3.63) is 52.5 Å². The number of amides is 1. The Hall–Kier alpha value is -2.73. The molecule has 3 heterocycles. The number of ketones is 1. The molecule has 0 atom stereocenters. The molecule has 0 aromatic heterocycles. The van der Waals surface area contributed by atoms with Crippen molar-refractivity contribution in [1.29, 1.82) is 0 Å². The zero-order valence-corrected chi connectivity index (χ0v) is 15.8. The molecule has 1 saturated heterocycles. The molecule has 3 aliphatic rings. The highest BCUT2D eigenvalue weighted by molar-refractivity contribution is 6.32. The van der Waals surface area contributed by atoms with Gasteiger partial charge in [0.2, 0.25) is 6.79 Å². The van der Waals surface area contributed by atoms with Gasteiger partial charge in [-0.3, -0.25) is 9.59 Å². The molecule has 144 valence electrons. The second-order valence-corrected chi connectivity index (χ2v) is 7.77. The van der Waals surface area contributed by atoms with Crippen LogP contribution in [0.3, 0.4) is 0 Å². The number of rotatable bonds is 1. The maximum absolute atomic E-state index is 12.9.